The van der Waals surface area contributed by atoms with Gasteiger partial charge in [0.25, 0.3) is 5.91 Å². The van der Waals surface area contributed by atoms with E-state index >= 15 is 0 Å². The first-order valence-electron chi connectivity index (χ1n) is 8.81. The van der Waals surface area contributed by atoms with Crippen LogP contribution in [0.4, 0.5) is 18.9 Å². The summed E-state index contributed by atoms with van der Waals surface area (Å²) in [5, 5.41) is 2.74. The van der Waals surface area contributed by atoms with E-state index in [1.54, 1.807) is 30.3 Å². The SMILES string of the molecule is COc1ccc(C(=O)Nc2ccccc2C(F)(F)F)cc1COc1ccccc1Cl. The Bertz CT molecular complexity index is 1050. The molecule has 0 atom stereocenters. The molecule has 0 radical (unpaired) electrons. The topological polar surface area (TPSA) is 47.6 Å². The molecule has 0 aliphatic carbocycles. The molecule has 0 spiro atoms. The van der Waals surface area contributed by atoms with E-state index < -0.39 is 17.6 Å². The molecule has 156 valence electrons. The highest BCUT2D eigenvalue weighted by Gasteiger charge is 2.33. The van der Waals surface area contributed by atoms with Crippen molar-refractivity contribution in [3.05, 3.63) is 88.4 Å². The summed E-state index contributed by atoms with van der Waals surface area (Å²) in [6, 6.07) is 16.2. The molecule has 0 bridgehead atoms. The van der Waals surface area contributed by atoms with Gasteiger partial charge in [0.05, 0.1) is 23.4 Å². The highest BCUT2D eigenvalue weighted by molar-refractivity contribution is 6.32. The van der Waals surface area contributed by atoms with E-state index in [4.69, 9.17) is 21.1 Å². The van der Waals surface area contributed by atoms with Crippen LogP contribution in [-0.2, 0) is 12.8 Å². The number of carbonyl (C=O) groups is 1. The van der Waals surface area contributed by atoms with Gasteiger partial charge in [-0.25, -0.2) is 0 Å². The third kappa shape index (κ3) is 5.04. The summed E-state index contributed by atoms with van der Waals surface area (Å²) < 4.78 is 50.5. The monoisotopic (exact) mass is 435 g/mol. The first-order chi connectivity index (χ1) is 14.3. The van der Waals surface area contributed by atoms with E-state index in [0.717, 1.165) is 6.07 Å². The number of halogens is 4. The normalized spacial score (nSPS) is 11.1. The third-order valence-corrected chi connectivity index (χ3v) is 4.56. The van der Waals surface area contributed by atoms with Gasteiger partial charge in [0.2, 0.25) is 0 Å². The molecule has 3 rings (SSSR count). The molecule has 0 heterocycles. The molecule has 3 aromatic carbocycles. The minimum Gasteiger partial charge on any atom is -0.496 e. The zero-order valence-electron chi connectivity index (χ0n) is 15.8. The average Bonchev–Trinajstić information content (AvgIpc) is 2.72. The first-order valence-corrected chi connectivity index (χ1v) is 9.19. The van der Waals surface area contributed by atoms with Gasteiger partial charge in [0.1, 0.15) is 18.1 Å². The highest BCUT2D eigenvalue weighted by Crippen LogP contribution is 2.35. The highest BCUT2D eigenvalue weighted by atomic mass is 35.5. The second kappa shape index (κ2) is 9.09. The summed E-state index contributed by atoms with van der Waals surface area (Å²) in [6.45, 7) is 0.0488. The van der Waals surface area contributed by atoms with Gasteiger partial charge in [-0.1, -0.05) is 35.9 Å². The summed E-state index contributed by atoms with van der Waals surface area (Å²) in [5.41, 5.74) is -0.548. The summed E-state index contributed by atoms with van der Waals surface area (Å²) in [6.07, 6.45) is -4.59. The van der Waals surface area contributed by atoms with Crippen molar-refractivity contribution in [2.24, 2.45) is 0 Å². The number of alkyl halides is 3. The van der Waals surface area contributed by atoms with Crippen molar-refractivity contribution in [3.8, 4) is 11.5 Å². The number of amides is 1. The summed E-state index contributed by atoms with van der Waals surface area (Å²) in [5.74, 6) is 0.234. The lowest BCUT2D eigenvalue weighted by atomic mass is 10.1. The van der Waals surface area contributed by atoms with Crippen molar-refractivity contribution in [1.82, 2.24) is 0 Å². The fourth-order valence-electron chi connectivity index (χ4n) is 2.78. The number of ether oxygens (including phenoxy) is 2. The molecule has 8 heteroatoms. The summed E-state index contributed by atoms with van der Waals surface area (Å²) in [7, 11) is 1.47. The third-order valence-electron chi connectivity index (χ3n) is 4.24. The Morgan fingerprint density at radius 2 is 1.70 bits per heavy atom. The minimum atomic E-state index is -4.59. The Morgan fingerprint density at radius 3 is 2.40 bits per heavy atom. The van der Waals surface area contributed by atoms with Crippen molar-refractivity contribution in [3.63, 3.8) is 0 Å². The fourth-order valence-corrected chi connectivity index (χ4v) is 2.97. The Kier molecular flexibility index (Phi) is 6.52. The van der Waals surface area contributed by atoms with E-state index in [2.05, 4.69) is 5.32 Å². The van der Waals surface area contributed by atoms with Crippen molar-refractivity contribution in [1.29, 1.82) is 0 Å². The number of anilines is 1. The maximum Gasteiger partial charge on any atom is 0.418 e. The number of nitrogens with one attached hydrogen (secondary N) is 1. The number of hydrogen-bond acceptors (Lipinski definition) is 3. The Hall–Kier alpha value is -3.19. The Morgan fingerprint density at radius 1 is 1.00 bits per heavy atom. The van der Waals surface area contributed by atoms with Crippen LogP contribution in [0.1, 0.15) is 21.5 Å². The number of methoxy groups -OCH3 is 1. The van der Waals surface area contributed by atoms with Crippen LogP contribution in [0.3, 0.4) is 0 Å². The van der Waals surface area contributed by atoms with Crippen molar-refractivity contribution in [2.45, 2.75) is 12.8 Å². The Balaban J connectivity index is 1.82. The molecule has 0 unspecified atom stereocenters. The van der Waals surface area contributed by atoms with Gasteiger partial charge in [-0.2, -0.15) is 13.2 Å². The molecule has 0 saturated heterocycles. The standard InChI is InChI=1S/C22H17ClF3NO3/c1-29-19-11-10-14(12-15(19)13-30-20-9-5-3-7-17(20)23)21(28)27-18-8-4-2-6-16(18)22(24,25)26/h2-12H,13H2,1H3,(H,27,28). The van der Waals surface area contributed by atoms with E-state index in [1.165, 1.54) is 37.4 Å². The van der Waals surface area contributed by atoms with Crippen LogP contribution in [0.5, 0.6) is 11.5 Å². The van der Waals surface area contributed by atoms with Crippen molar-refractivity contribution < 1.29 is 27.4 Å². The molecule has 1 amide bonds. The number of rotatable bonds is 6. The van der Waals surface area contributed by atoms with E-state index in [0.29, 0.717) is 22.1 Å². The Labute approximate surface area is 176 Å². The van der Waals surface area contributed by atoms with Gasteiger partial charge < -0.3 is 14.8 Å². The number of benzene rings is 3. The number of carbonyl (C=O) groups excluding carboxylic acids is 1. The smallest absolute Gasteiger partial charge is 0.418 e. The van der Waals surface area contributed by atoms with Crippen LogP contribution >= 0.6 is 11.6 Å². The molecule has 30 heavy (non-hydrogen) atoms. The van der Waals surface area contributed by atoms with Crippen LogP contribution < -0.4 is 14.8 Å². The molecule has 0 aromatic heterocycles. The number of hydrogen-bond donors (Lipinski definition) is 1. The molecular weight excluding hydrogens is 419 g/mol. The van der Waals surface area contributed by atoms with Gasteiger partial charge in [0, 0.05) is 11.1 Å². The first kappa shape index (κ1) is 21.5. The van der Waals surface area contributed by atoms with Crippen molar-refractivity contribution in [2.75, 3.05) is 12.4 Å². The lowest BCUT2D eigenvalue weighted by molar-refractivity contribution is -0.136. The second-order valence-corrected chi connectivity index (χ2v) is 6.65. The van der Waals surface area contributed by atoms with E-state index in [-0.39, 0.29) is 17.9 Å². The van der Waals surface area contributed by atoms with Gasteiger partial charge in [-0.15, -0.1) is 0 Å². The van der Waals surface area contributed by atoms with Crippen molar-refractivity contribution >= 4 is 23.2 Å². The molecule has 0 aliphatic rings. The maximum absolute atomic E-state index is 13.2. The lowest BCUT2D eigenvalue weighted by Gasteiger charge is -2.15. The predicted molar refractivity (Wildman–Crippen MR) is 108 cm³/mol. The average molecular weight is 436 g/mol. The number of para-hydroxylation sites is 2. The molecule has 1 N–H and O–H groups in total. The van der Waals surface area contributed by atoms with Gasteiger partial charge in [-0.05, 0) is 42.5 Å². The van der Waals surface area contributed by atoms with Crippen LogP contribution in [0, 0.1) is 0 Å². The molecule has 0 saturated carbocycles. The molecule has 4 nitrogen and oxygen atoms in total. The van der Waals surface area contributed by atoms with Crippen LogP contribution in [0.2, 0.25) is 5.02 Å². The lowest BCUT2D eigenvalue weighted by Crippen LogP contribution is -2.17. The van der Waals surface area contributed by atoms with Gasteiger partial charge in [-0.3, -0.25) is 4.79 Å². The van der Waals surface area contributed by atoms with Gasteiger partial charge >= 0.3 is 6.18 Å². The van der Waals surface area contributed by atoms with Gasteiger partial charge in [0.15, 0.2) is 0 Å². The minimum absolute atomic E-state index is 0.0488. The quantitative estimate of drug-likeness (QED) is 0.501. The fraction of sp³-hybridized carbons (Fsp3) is 0.136. The zero-order valence-corrected chi connectivity index (χ0v) is 16.6. The molecular formula is C22H17ClF3NO3. The molecule has 0 aliphatic heterocycles. The van der Waals surface area contributed by atoms with E-state index in [1.807, 2.05) is 0 Å². The van der Waals surface area contributed by atoms with Crippen LogP contribution in [-0.4, -0.2) is 13.0 Å². The van der Waals surface area contributed by atoms with Crippen LogP contribution in [0.25, 0.3) is 0 Å². The zero-order chi connectivity index (χ0) is 21.7. The van der Waals surface area contributed by atoms with E-state index in [9.17, 15) is 18.0 Å². The largest absolute Gasteiger partial charge is 0.496 e. The summed E-state index contributed by atoms with van der Waals surface area (Å²) in [4.78, 5) is 12.6. The summed E-state index contributed by atoms with van der Waals surface area (Å²) >= 11 is 6.08. The second-order valence-electron chi connectivity index (χ2n) is 6.24. The van der Waals surface area contributed by atoms with Crippen LogP contribution in [0.15, 0.2) is 66.7 Å². The molecule has 3 aromatic rings. The molecule has 0 fully saturated rings. The predicted octanol–water partition coefficient (Wildman–Crippen LogP) is 6.20. The maximum atomic E-state index is 13.2.